The minimum atomic E-state index is -4.61. The van der Waals surface area contributed by atoms with Gasteiger partial charge in [0.2, 0.25) is 5.91 Å². The van der Waals surface area contributed by atoms with Gasteiger partial charge in [-0.1, -0.05) is 30.0 Å². The molecule has 10 heteroatoms. The van der Waals surface area contributed by atoms with Crippen LogP contribution in [0.25, 0.3) is 5.69 Å². The highest BCUT2D eigenvalue weighted by molar-refractivity contribution is 7.99. The zero-order chi connectivity index (χ0) is 21.0. The number of thioether (sulfide) groups is 1. The summed E-state index contributed by atoms with van der Waals surface area (Å²) in [6, 6.07) is 9.95. The standard InChI is InChI=1S/C19H13F4N3O2S/c20-12-4-3-5-13(10-12)26-9-8-24-17(18(26)28)29-11-16(27)25-15-7-2-1-6-14(15)19(21,22)23/h1-10H,11H2,(H,25,27). The Morgan fingerprint density at radius 2 is 1.90 bits per heavy atom. The highest BCUT2D eigenvalue weighted by atomic mass is 32.2. The molecule has 3 aromatic rings. The number of benzene rings is 2. The van der Waals surface area contributed by atoms with Crippen molar-refractivity contribution in [3.63, 3.8) is 0 Å². The molecule has 0 radical (unpaired) electrons. The number of nitrogens with zero attached hydrogens (tertiary/aromatic N) is 2. The molecule has 0 spiro atoms. The molecule has 1 amide bonds. The summed E-state index contributed by atoms with van der Waals surface area (Å²) in [7, 11) is 0. The number of hydrogen-bond acceptors (Lipinski definition) is 4. The van der Waals surface area contributed by atoms with Gasteiger partial charge in [0.05, 0.1) is 22.7 Å². The Labute approximate surface area is 166 Å². The molecule has 1 aromatic heterocycles. The summed E-state index contributed by atoms with van der Waals surface area (Å²) < 4.78 is 53.6. The van der Waals surface area contributed by atoms with Gasteiger partial charge >= 0.3 is 6.18 Å². The van der Waals surface area contributed by atoms with Crippen molar-refractivity contribution in [1.29, 1.82) is 0 Å². The number of para-hydroxylation sites is 1. The van der Waals surface area contributed by atoms with Crippen molar-refractivity contribution in [2.24, 2.45) is 0 Å². The van der Waals surface area contributed by atoms with Crippen LogP contribution >= 0.6 is 11.8 Å². The third-order valence-corrected chi connectivity index (χ3v) is 4.70. The first-order valence-electron chi connectivity index (χ1n) is 8.18. The fourth-order valence-electron chi connectivity index (χ4n) is 2.48. The molecule has 3 rings (SSSR count). The molecule has 5 nitrogen and oxygen atoms in total. The second-order valence-electron chi connectivity index (χ2n) is 5.77. The van der Waals surface area contributed by atoms with Gasteiger partial charge in [0.25, 0.3) is 5.56 Å². The largest absolute Gasteiger partial charge is 0.418 e. The van der Waals surface area contributed by atoms with E-state index in [0.29, 0.717) is 0 Å². The molecule has 0 aliphatic rings. The normalized spacial score (nSPS) is 11.3. The van der Waals surface area contributed by atoms with E-state index in [0.717, 1.165) is 34.5 Å². The van der Waals surface area contributed by atoms with E-state index < -0.39 is 29.0 Å². The Bertz CT molecular complexity index is 1100. The number of halogens is 4. The number of carbonyl (C=O) groups excluding carboxylic acids is 1. The molecule has 0 aliphatic carbocycles. The number of nitrogens with one attached hydrogen (secondary N) is 1. The van der Waals surface area contributed by atoms with Crippen LogP contribution in [0.2, 0.25) is 0 Å². The number of amides is 1. The van der Waals surface area contributed by atoms with E-state index in [1.54, 1.807) is 0 Å². The Morgan fingerprint density at radius 1 is 1.14 bits per heavy atom. The van der Waals surface area contributed by atoms with Crippen molar-refractivity contribution >= 4 is 23.4 Å². The second kappa shape index (κ2) is 8.48. The van der Waals surface area contributed by atoms with Crippen molar-refractivity contribution in [2.45, 2.75) is 11.2 Å². The monoisotopic (exact) mass is 423 g/mol. The zero-order valence-corrected chi connectivity index (χ0v) is 15.4. The van der Waals surface area contributed by atoms with E-state index in [1.807, 2.05) is 0 Å². The van der Waals surface area contributed by atoms with Crippen LogP contribution in [0.4, 0.5) is 23.2 Å². The summed E-state index contributed by atoms with van der Waals surface area (Å²) in [4.78, 5) is 28.5. The molecule has 0 atom stereocenters. The molecule has 0 unspecified atom stereocenters. The molecule has 0 aliphatic heterocycles. The van der Waals surface area contributed by atoms with Gasteiger partial charge in [-0.25, -0.2) is 9.37 Å². The lowest BCUT2D eigenvalue weighted by Crippen LogP contribution is -2.22. The minimum Gasteiger partial charge on any atom is -0.325 e. The minimum absolute atomic E-state index is 0.0454. The summed E-state index contributed by atoms with van der Waals surface area (Å²) in [5.41, 5.74) is -1.64. The maximum Gasteiger partial charge on any atom is 0.418 e. The van der Waals surface area contributed by atoms with Crippen molar-refractivity contribution in [3.8, 4) is 5.69 Å². The van der Waals surface area contributed by atoms with E-state index in [2.05, 4.69) is 10.3 Å². The molecule has 150 valence electrons. The van der Waals surface area contributed by atoms with Crippen LogP contribution in [-0.2, 0) is 11.0 Å². The maximum absolute atomic E-state index is 13.4. The Morgan fingerprint density at radius 3 is 2.62 bits per heavy atom. The molecule has 0 fully saturated rings. The van der Waals surface area contributed by atoms with Crippen molar-refractivity contribution in [1.82, 2.24) is 9.55 Å². The molecule has 29 heavy (non-hydrogen) atoms. The summed E-state index contributed by atoms with van der Waals surface area (Å²) in [5.74, 6) is -1.58. The van der Waals surface area contributed by atoms with Crippen molar-refractivity contribution in [3.05, 3.63) is 82.7 Å². The molecular formula is C19H13F4N3O2S. The fourth-order valence-corrected chi connectivity index (χ4v) is 3.18. The predicted molar refractivity (Wildman–Crippen MR) is 101 cm³/mol. The van der Waals surface area contributed by atoms with Gasteiger partial charge in [0, 0.05) is 12.4 Å². The third-order valence-electron chi connectivity index (χ3n) is 3.74. The first-order valence-corrected chi connectivity index (χ1v) is 9.17. The van der Waals surface area contributed by atoms with Crippen LogP contribution < -0.4 is 10.9 Å². The lowest BCUT2D eigenvalue weighted by molar-refractivity contribution is -0.137. The Hall–Kier alpha value is -3.14. The SMILES string of the molecule is O=C(CSc1nccn(-c2cccc(F)c2)c1=O)Nc1ccccc1C(F)(F)F. The number of rotatable bonds is 5. The van der Waals surface area contributed by atoms with Gasteiger partial charge in [0.1, 0.15) is 5.82 Å². The maximum atomic E-state index is 13.4. The first-order chi connectivity index (χ1) is 13.8. The lowest BCUT2D eigenvalue weighted by atomic mass is 10.1. The predicted octanol–water partition coefficient (Wildman–Crippen LogP) is 4.12. The topological polar surface area (TPSA) is 64.0 Å². The molecular weight excluding hydrogens is 410 g/mol. The molecule has 1 heterocycles. The van der Waals surface area contributed by atoms with E-state index >= 15 is 0 Å². The second-order valence-corrected chi connectivity index (χ2v) is 6.73. The van der Waals surface area contributed by atoms with Crippen LogP contribution in [0.5, 0.6) is 0 Å². The molecule has 0 bridgehead atoms. The Balaban J connectivity index is 1.74. The smallest absolute Gasteiger partial charge is 0.325 e. The summed E-state index contributed by atoms with van der Waals surface area (Å²) in [6.07, 6.45) is -1.96. The van der Waals surface area contributed by atoms with Crippen LogP contribution in [0.1, 0.15) is 5.56 Å². The molecule has 1 N–H and O–H groups in total. The van der Waals surface area contributed by atoms with E-state index in [1.165, 1.54) is 42.7 Å². The highest BCUT2D eigenvalue weighted by Gasteiger charge is 2.33. The van der Waals surface area contributed by atoms with Gasteiger partial charge in [0.15, 0.2) is 5.03 Å². The summed E-state index contributed by atoms with van der Waals surface area (Å²) in [6.45, 7) is 0. The number of hydrogen-bond donors (Lipinski definition) is 1. The van der Waals surface area contributed by atoms with Gasteiger partial charge in [-0.05, 0) is 30.3 Å². The number of anilines is 1. The molecule has 2 aromatic carbocycles. The highest BCUT2D eigenvalue weighted by Crippen LogP contribution is 2.34. The third kappa shape index (κ3) is 5.02. The van der Waals surface area contributed by atoms with Crippen LogP contribution in [0.3, 0.4) is 0 Å². The van der Waals surface area contributed by atoms with Crippen LogP contribution in [0.15, 0.2) is 70.7 Å². The number of aromatic nitrogens is 2. The summed E-state index contributed by atoms with van der Waals surface area (Å²) in [5, 5.41) is 2.15. The van der Waals surface area contributed by atoms with Gasteiger partial charge in [-0.3, -0.25) is 14.2 Å². The van der Waals surface area contributed by atoms with Crippen LogP contribution in [0, 0.1) is 5.82 Å². The van der Waals surface area contributed by atoms with Crippen molar-refractivity contribution in [2.75, 3.05) is 11.1 Å². The van der Waals surface area contributed by atoms with Crippen molar-refractivity contribution < 1.29 is 22.4 Å². The van der Waals surface area contributed by atoms with Crippen LogP contribution in [-0.4, -0.2) is 21.2 Å². The fraction of sp³-hybridized carbons (Fsp3) is 0.105. The number of carbonyl (C=O) groups is 1. The number of alkyl halides is 3. The molecule has 0 saturated heterocycles. The van der Waals surface area contributed by atoms with Gasteiger partial charge in [-0.2, -0.15) is 13.2 Å². The zero-order valence-electron chi connectivity index (χ0n) is 14.6. The average Bonchev–Trinajstić information content (AvgIpc) is 2.67. The van der Waals surface area contributed by atoms with E-state index in [4.69, 9.17) is 0 Å². The quantitative estimate of drug-likeness (QED) is 0.495. The first kappa shape index (κ1) is 20.6. The lowest BCUT2D eigenvalue weighted by Gasteiger charge is -2.13. The van der Waals surface area contributed by atoms with E-state index in [-0.39, 0.29) is 22.2 Å². The Kier molecular flexibility index (Phi) is 6.02. The molecule has 0 saturated carbocycles. The van der Waals surface area contributed by atoms with E-state index in [9.17, 15) is 27.2 Å². The van der Waals surface area contributed by atoms with Gasteiger partial charge < -0.3 is 5.32 Å². The summed E-state index contributed by atoms with van der Waals surface area (Å²) >= 11 is 0.769. The average molecular weight is 423 g/mol. The van der Waals surface area contributed by atoms with Gasteiger partial charge in [-0.15, -0.1) is 0 Å².